The Bertz CT molecular complexity index is 1810. The Morgan fingerprint density at radius 2 is 1.85 bits per heavy atom. The fraction of sp³-hybridized carbons (Fsp3) is 0.143. The second-order valence-electron chi connectivity index (χ2n) is 9.19. The summed E-state index contributed by atoms with van der Waals surface area (Å²) in [5, 5.41) is 0.283. The maximum Gasteiger partial charge on any atom is 0.217 e. The molecule has 0 saturated heterocycles. The zero-order valence-corrected chi connectivity index (χ0v) is 21.6. The molecular weight excluding hydrogens is 526 g/mol. The quantitative estimate of drug-likeness (QED) is 0.237. The molecule has 0 unspecified atom stereocenters. The summed E-state index contributed by atoms with van der Waals surface area (Å²) in [4.78, 5) is 21.0. The molecule has 5 aromatic rings. The van der Waals surface area contributed by atoms with Crippen molar-refractivity contribution in [1.29, 1.82) is 0 Å². The lowest BCUT2D eigenvalue weighted by Crippen LogP contribution is -2.11. The standard InChI is InChI=1S/C28H24F2N4O4S/c1-39(36,37)27-20-9-10-32-24(20)14-23(30)26(27)38-19-6-7-22(29)21(13-19)28-33-15-18(34-28)12-17-4-2-3-16(11-17)5-8-25(31)35/h2-4,6-7,9-11,13-15,32H,5,8,12H2,1H3,(H2,31,35)(H,33,34). The summed E-state index contributed by atoms with van der Waals surface area (Å²) in [6.45, 7) is 0. The van der Waals surface area contributed by atoms with E-state index in [0.717, 1.165) is 29.5 Å². The summed E-state index contributed by atoms with van der Waals surface area (Å²) < 4.78 is 60.6. The Kier molecular flexibility index (Phi) is 6.92. The number of nitrogens with zero attached hydrogens (tertiary/aromatic N) is 1. The number of primary amides is 1. The first kappa shape index (κ1) is 26.1. The van der Waals surface area contributed by atoms with Gasteiger partial charge in [-0.15, -0.1) is 0 Å². The van der Waals surface area contributed by atoms with Crippen LogP contribution in [-0.4, -0.2) is 35.5 Å². The number of halogens is 2. The Balaban J connectivity index is 1.43. The van der Waals surface area contributed by atoms with E-state index >= 15 is 0 Å². The van der Waals surface area contributed by atoms with Gasteiger partial charge in [0.25, 0.3) is 0 Å². The number of sulfone groups is 1. The molecule has 0 fully saturated rings. The molecule has 5 rings (SSSR count). The third-order valence-electron chi connectivity index (χ3n) is 6.18. The third kappa shape index (κ3) is 5.68. The lowest BCUT2D eigenvalue weighted by Gasteiger charge is -2.13. The number of aromatic nitrogens is 3. The van der Waals surface area contributed by atoms with Crippen molar-refractivity contribution in [3.05, 3.63) is 95.4 Å². The Morgan fingerprint density at radius 3 is 2.62 bits per heavy atom. The maximum atomic E-state index is 15.0. The molecular formula is C28H24F2N4O4S. The molecule has 0 aliphatic rings. The van der Waals surface area contributed by atoms with Gasteiger partial charge in [0.1, 0.15) is 22.3 Å². The number of hydrogen-bond donors (Lipinski definition) is 3. The summed E-state index contributed by atoms with van der Waals surface area (Å²) in [6.07, 6.45) is 5.33. The van der Waals surface area contributed by atoms with E-state index in [1.165, 1.54) is 24.4 Å². The van der Waals surface area contributed by atoms with Gasteiger partial charge in [-0.1, -0.05) is 24.3 Å². The Morgan fingerprint density at radius 1 is 1.05 bits per heavy atom. The van der Waals surface area contributed by atoms with Crippen LogP contribution in [-0.2, 0) is 27.5 Å². The summed E-state index contributed by atoms with van der Waals surface area (Å²) in [5.41, 5.74) is 8.27. The van der Waals surface area contributed by atoms with Crippen LogP contribution >= 0.6 is 0 Å². The van der Waals surface area contributed by atoms with Gasteiger partial charge >= 0.3 is 0 Å². The fourth-order valence-corrected chi connectivity index (χ4v) is 5.47. The van der Waals surface area contributed by atoms with Gasteiger partial charge in [-0.3, -0.25) is 4.79 Å². The topological polar surface area (TPSA) is 131 Å². The minimum Gasteiger partial charge on any atom is -0.453 e. The van der Waals surface area contributed by atoms with E-state index in [-0.39, 0.29) is 39.7 Å². The van der Waals surface area contributed by atoms with E-state index < -0.39 is 27.2 Å². The number of nitrogens with two attached hydrogens (primary N) is 1. The highest BCUT2D eigenvalue weighted by atomic mass is 32.2. The zero-order valence-electron chi connectivity index (χ0n) is 20.8. The number of benzene rings is 3. The molecule has 0 atom stereocenters. The molecule has 39 heavy (non-hydrogen) atoms. The SMILES string of the molecule is CS(=O)(=O)c1c(Oc2ccc(F)c(-c3ncc(Cc4cccc(CCC(N)=O)c4)[nH]3)c2)c(F)cc2[nH]ccc12. The van der Waals surface area contributed by atoms with E-state index in [2.05, 4.69) is 15.0 Å². The van der Waals surface area contributed by atoms with Crippen molar-refractivity contribution >= 4 is 26.6 Å². The van der Waals surface area contributed by atoms with Gasteiger partial charge in [0.05, 0.1) is 5.56 Å². The van der Waals surface area contributed by atoms with Crippen molar-refractivity contribution in [3.63, 3.8) is 0 Å². The van der Waals surface area contributed by atoms with Crippen LogP contribution in [0.1, 0.15) is 23.2 Å². The van der Waals surface area contributed by atoms with Crippen molar-refractivity contribution in [3.8, 4) is 22.9 Å². The first-order valence-electron chi connectivity index (χ1n) is 12.0. The summed E-state index contributed by atoms with van der Waals surface area (Å²) in [6, 6.07) is 14.1. The van der Waals surface area contributed by atoms with Gasteiger partial charge in [-0.2, -0.15) is 0 Å². The minimum atomic E-state index is -3.88. The van der Waals surface area contributed by atoms with Crippen molar-refractivity contribution in [1.82, 2.24) is 15.0 Å². The fourth-order valence-electron chi connectivity index (χ4n) is 4.42. The second-order valence-corrected chi connectivity index (χ2v) is 11.1. The van der Waals surface area contributed by atoms with Crippen molar-refractivity contribution in [2.75, 3.05) is 6.26 Å². The highest BCUT2D eigenvalue weighted by molar-refractivity contribution is 7.91. The normalized spacial score (nSPS) is 11.7. The number of amides is 1. The summed E-state index contributed by atoms with van der Waals surface area (Å²) in [7, 11) is -3.88. The molecule has 0 aliphatic carbocycles. The molecule has 3 aromatic carbocycles. The first-order valence-corrected chi connectivity index (χ1v) is 13.8. The van der Waals surface area contributed by atoms with Crippen molar-refractivity contribution < 1.29 is 26.7 Å². The number of H-pyrrole nitrogens is 2. The van der Waals surface area contributed by atoms with Crippen molar-refractivity contribution in [2.24, 2.45) is 5.73 Å². The smallest absolute Gasteiger partial charge is 0.217 e. The molecule has 2 heterocycles. The number of hydrogen-bond acceptors (Lipinski definition) is 5. The Labute approximate surface area is 222 Å². The van der Waals surface area contributed by atoms with E-state index in [0.29, 0.717) is 24.1 Å². The molecule has 0 radical (unpaired) electrons. The number of imidazole rings is 1. The molecule has 0 spiro atoms. The predicted octanol–water partition coefficient (Wildman–Crippen LogP) is 5.04. The molecule has 11 heteroatoms. The molecule has 2 aromatic heterocycles. The summed E-state index contributed by atoms with van der Waals surface area (Å²) >= 11 is 0. The van der Waals surface area contributed by atoms with Crippen LogP contribution < -0.4 is 10.5 Å². The second kappa shape index (κ2) is 10.3. The number of ether oxygens (including phenoxy) is 1. The first-order chi connectivity index (χ1) is 18.6. The van der Waals surface area contributed by atoms with Crippen LogP contribution in [0, 0.1) is 11.6 Å². The number of carbonyl (C=O) groups excluding carboxylic acids is 1. The highest BCUT2D eigenvalue weighted by Crippen LogP contribution is 2.38. The molecule has 1 amide bonds. The van der Waals surface area contributed by atoms with Crippen molar-refractivity contribution in [2.45, 2.75) is 24.2 Å². The largest absolute Gasteiger partial charge is 0.453 e. The van der Waals surface area contributed by atoms with Crippen LogP contribution in [0.3, 0.4) is 0 Å². The predicted molar refractivity (Wildman–Crippen MR) is 142 cm³/mol. The van der Waals surface area contributed by atoms with Crippen LogP contribution in [0.25, 0.3) is 22.3 Å². The van der Waals surface area contributed by atoms with Gasteiger partial charge in [0.15, 0.2) is 21.4 Å². The number of carbonyl (C=O) groups is 1. The lowest BCUT2D eigenvalue weighted by atomic mass is 10.0. The van der Waals surface area contributed by atoms with Gasteiger partial charge in [0, 0.05) is 54.2 Å². The van der Waals surface area contributed by atoms with E-state index in [1.54, 1.807) is 6.20 Å². The number of aromatic amines is 2. The average Bonchev–Trinajstić information content (AvgIpc) is 3.53. The van der Waals surface area contributed by atoms with Crippen LogP contribution in [0.2, 0.25) is 0 Å². The monoisotopic (exact) mass is 550 g/mol. The lowest BCUT2D eigenvalue weighted by molar-refractivity contribution is -0.117. The zero-order chi connectivity index (χ0) is 27.7. The van der Waals surface area contributed by atoms with Crippen LogP contribution in [0.4, 0.5) is 8.78 Å². The highest BCUT2D eigenvalue weighted by Gasteiger charge is 2.24. The number of aryl methyl sites for hydroxylation is 1. The number of fused-ring (bicyclic) bond motifs is 1. The molecule has 0 saturated carbocycles. The molecule has 0 bridgehead atoms. The molecule has 4 N–H and O–H groups in total. The van der Waals surface area contributed by atoms with E-state index in [1.807, 2.05) is 24.3 Å². The van der Waals surface area contributed by atoms with E-state index in [9.17, 15) is 22.0 Å². The van der Waals surface area contributed by atoms with Gasteiger partial charge in [0.2, 0.25) is 5.91 Å². The van der Waals surface area contributed by atoms with Gasteiger partial charge in [-0.05, 0) is 41.8 Å². The van der Waals surface area contributed by atoms with Crippen LogP contribution in [0.15, 0.2) is 71.9 Å². The van der Waals surface area contributed by atoms with E-state index in [4.69, 9.17) is 10.5 Å². The minimum absolute atomic E-state index is 0.0326. The molecule has 8 nitrogen and oxygen atoms in total. The summed E-state index contributed by atoms with van der Waals surface area (Å²) in [5.74, 6) is -2.06. The van der Waals surface area contributed by atoms with Crippen LogP contribution in [0.5, 0.6) is 11.5 Å². The average molecular weight is 551 g/mol. The molecule has 200 valence electrons. The third-order valence-corrected chi connectivity index (χ3v) is 7.32. The number of nitrogens with one attached hydrogen (secondary N) is 2. The number of rotatable bonds is 9. The maximum absolute atomic E-state index is 15.0. The van der Waals surface area contributed by atoms with Gasteiger partial charge < -0.3 is 20.4 Å². The Hall–Kier alpha value is -4.51. The molecule has 0 aliphatic heterocycles. The van der Waals surface area contributed by atoms with Gasteiger partial charge in [-0.25, -0.2) is 22.2 Å².